The van der Waals surface area contributed by atoms with Gasteiger partial charge in [-0.3, -0.25) is 0 Å². The molecule has 1 aromatic carbocycles. The predicted molar refractivity (Wildman–Crippen MR) is 112 cm³/mol. The number of H-pyrrole nitrogens is 1. The molecular formula is C20H31N3O3S. The van der Waals surface area contributed by atoms with E-state index in [1.54, 1.807) is 0 Å². The van der Waals surface area contributed by atoms with Gasteiger partial charge in [0.2, 0.25) is 6.79 Å². The van der Waals surface area contributed by atoms with Gasteiger partial charge in [-0.05, 0) is 44.1 Å². The first kappa shape index (κ1) is 21.6. The molecule has 0 radical (unpaired) electrons. The number of nitrogens with two attached hydrogens (primary N) is 1. The molecule has 150 valence electrons. The van der Waals surface area contributed by atoms with E-state index in [0.717, 1.165) is 23.9 Å². The Morgan fingerprint density at radius 1 is 1.30 bits per heavy atom. The van der Waals surface area contributed by atoms with Crippen LogP contribution in [0, 0.1) is 5.92 Å². The second kappa shape index (κ2) is 10.0. The van der Waals surface area contributed by atoms with Gasteiger partial charge in [0.05, 0.1) is 0 Å². The average molecular weight is 394 g/mol. The van der Waals surface area contributed by atoms with Crippen molar-refractivity contribution >= 4 is 28.6 Å². The lowest BCUT2D eigenvalue weighted by Crippen LogP contribution is -2.32. The molecule has 1 heterocycles. The number of carbonyl (C=O) groups excluding carboxylic acids is 1. The van der Waals surface area contributed by atoms with Crippen LogP contribution in [0.1, 0.15) is 26.3 Å². The number of benzene rings is 1. The first-order chi connectivity index (χ1) is 12.8. The fourth-order valence-electron chi connectivity index (χ4n) is 2.56. The van der Waals surface area contributed by atoms with E-state index < -0.39 is 11.3 Å². The van der Waals surface area contributed by atoms with Crippen LogP contribution in [0.15, 0.2) is 24.4 Å². The Hall–Kier alpha value is -1.70. The van der Waals surface area contributed by atoms with Crippen LogP contribution in [0.2, 0.25) is 0 Å². The molecule has 0 aliphatic rings. The summed E-state index contributed by atoms with van der Waals surface area (Å²) in [5, 5.41) is 0.605. The largest absolute Gasteiger partial charge is 0.457 e. The lowest BCUT2D eigenvalue weighted by molar-refractivity contribution is -0.149. The predicted octanol–water partition coefficient (Wildman–Crippen LogP) is 3.21. The molecule has 7 heteroatoms. The minimum absolute atomic E-state index is 0.152. The van der Waals surface area contributed by atoms with Crippen molar-refractivity contribution in [3.8, 4) is 5.75 Å². The van der Waals surface area contributed by atoms with Crippen molar-refractivity contribution in [3.05, 3.63) is 30.0 Å². The van der Waals surface area contributed by atoms with Crippen LogP contribution in [0.4, 0.5) is 0 Å². The summed E-state index contributed by atoms with van der Waals surface area (Å²) in [6, 6.07) is 5.81. The zero-order valence-corrected chi connectivity index (χ0v) is 17.6. The molecule has 3 N–H and O–H groups in total. The Balaban J connectivity index is 1.96. The highest BCUT2D eigenvalue weighted by Crippen LogP contribution is 2.29. The van der Waals surface area contributed by atoms with Gasteiger partial charge in [0.1, 0.15) is 5.75 Å². The first-order valence-corrected chi connectivity index (χ1v) is 10.2. The summed E-state index contributed by atoms with van der Waals surface area (Å²) in [6.07, 6.45) is 2.91. The van der Waals surface area contributed by atoms with Crippen LogP contribution in [0.3, 0.4) is 0 Å². The van der Waals surface area contributed by atoms with E-state index in [1.165, 1.54) is 17.3 Å². The van der Waals surface area contributed by atoms with E-state index in [9.17, 15) is 4.79 Å². The summed E-state index contributed by atoms with van der Waals surface area (Å²) < 4.78 is 11.0. The van der Waals surface area contributed by atoms with Gasteiger partial charge in [-0.25, -0.2) is 4.79 Å². The maximum absolute atomic E-state index is 12.1. The highest BCUT2D eigenvalue weighted by Gasteiger charge is 2.21. The summed E-state index contributed by atoms with van der Waals surface area (Å²) in [5.41, 5.74) is 8.11. The van der Waals surface area contributed by atoms with Crippen molar-refractivity contribution in [2.45, 2.75) is 37.8 Å². The quantitative estimate of drug-likeness (QED) is 0.477. The van der Waals surface area contributed by atoms with Crippen LogP contribution in [-0.2, 0) is 16.0 Å². The number of carbonyl (C=O) groups is 1. The Morgan fingerprint density at radius 2 is 2.04 bits per heavy atom. The third kappa shape index (κ3) is 6.16. The standard InChI is InChI=1S/C20H31N3O3S/c1-13(2)14(3)27-19(21)20(24)26-12-25-17-8-6-7-16-18(17)15(11-22-16)9-10-23(4)5/h6-8,11,13-14,19,22H,9-10,12,21H2,1-5H3. The molecule has 2 unspecified atom stereocenters. The number of hydrogen-bond donors (Lipinski definition) is 2. The number of hydrogen-bond acceptors (Lipinski definition) is 6. The van der Waals surface area contributed by atoms with Gasteiger partial charge in [0.25, 0.3) is 0 Å². The van der Waals surface area contributed by atoms with E-state index in [-0.39, 0.29) is 12.0 Å². The Morgan fingerprint density at radius 3 is 2.70 bits per heavy atom. The summed E-state index contributed by atoms with van der Waals surface area (Å²) in [4.78, 5) is 17.5. The number of thioether (sulfide) groups is 1. The van der Waals surface area contributed by atoms with Crippen molar-refractivity contribution in [2.75, 3.05) is 27.4 Å². The molecule has 0 saturated heterocycles. The molecule has 0 spiro atoms. The van der Waals surface area contributed by atoms with Gasteiger partial charge in [-0.2, -0.15) is 0 Å². The number of rotatable bonds is 10. The molecule has 2 atom stereocenters. The Labute approximate surface area is 165 Å². The van der Waals surface area contributed by atoms with Crippen LogP contribution in [0.25, 0.3) is 10.9 Å². The monoisotopic (exact) mass is 393 g/mol. The summed E-state index contributed by atoms with van der Waals surface area (Å²) in [5.74, 6) is 0.686. The molecule has 2 aromatic rings. The molecule has 0 aliphatic heterocycles. The summed E-state index contributed by atoms with van der Waals surface area (Å²) in [6.45, 7) is 7.05. The van der Waals surface area contributed by atoms with Crippen molar-refractivity contribution < 1.29 is 14.3 Å². The highest BCUT2D eigenvalue weighted by atomic mass is 32.2. The maximum Gasteiger partial charge on any atom is 0.336 e. The number of fused-ring (bicyclic) bond motifs is 1. The van der Waals surface area contributed by atoms with Crippen molar-refractivity contribution in [3.63, 3.8) is 0 Å². The van der Waals surface area contributed by atoms with Gasteiger partial charge in [-0.1, -0.05) is 26.8 Å². The van der Waals surface area contributed by atoms with Crippen molar-refractivity contribution in [1.29, 1.82) is 0 Å². The molecule has 0 saturated carbocycles. The van der Waals surface area contributed by atoms with Gasteiger partial charge in [0, 0.05) is 28.9 Å². The van der Waals surface area contributed by atoms with E-state index >= 15 is 0 Å². The molecule has 6 nitrogen and oxygen atoms in total. The van der Waals surface area contributed by atoms with Crippen LogP contribution < -0.4 is 10.5 Å². The van der Waals surface area contributed by atoms with E-state index in [0.29, 0.717) is 11.7 Å². The maximum atomic E-state index is 12.1. The number of ether oxygens (including phenoxy) is 2. The Bertz CT molecular complexity index is 745. The molecule has 27 heavy (non-hydrogen) atoms. The van der Waals surface area contributed by atoms with Gasteiger partial charge >= 0.3 is 5.97 Å². The highest BCUT2D eigenvalue weighted by molar-refractivity contribution is 8.01. The third-order valence-electron chi connectivity index (χ3n) is 4.53. The molecule has 2 rings (SSSR count). The number of likely N-dealkylation sites (N-methyl/N-ethyl adjacent to an activating group) is 1. The van der Waals surface area contributed by atoms with Crippen LogP contribution in [-0.4, -0.2) is 53.9 Å². The smallest absolute Gasteiger partial charge is 0.336 e. The normalized spacial score (nSPS) is 13.9. The lowest BCUT2D eigenvalue weighted by atomic mass is 10.1. The molecule has 1 aromatic heterocycles. The summed E-state index contributed by atoms with van der Waals surface area (Å²) in [7, 11) is 4.10. The molecule has 0 amide bonds. The topological polar surface area (TPSA) is 80.6 Å². The fraction of sp³-hybridized carbons (Fsp3) is 0.550. The fourth-order valence-corrected chi connectivity index (χ4v) is 3.51. The van der Waals surface area contributed by atoms with Crippen molar-refractivity contribution in [1.82, 2.24) is 9.88 Å². The second-order valence-electron chi connectivity index (χ2n) is 7.28. The van der Waals surface area contributed by atoms with E-state index in [4.69, 9.17) is 15.2 Å². The minimum Gasteiger partial charge on any atom is -0.457 e. The van der Waals surface area contributed by atoms with Crippen LogP contribution in [0.5, 0.6) is 5.75 Å². The Kier molecular flexibility index (Phi) is 8.01. The third-order valence-corrected chi connectivity index (χ3v) is 5.98. The second-order valence-corrected chi connectivity index (χ2v) is 8.80. The van der Waals surface area contributed by atoms with E-state index in [2.05, 4.69) is 30.7 Å². The summed E-state index contributed by atoms with van der Waals surface area (Å²) >= 11 is 1.42. The zero-order valence-electron chi connectivity index (χ0n) is 16.8. The molecule has 0 aliphatic carbocycles. The number of aromatic nitrogens is 1. The van der Waals surface area contributed by atoms with Gasteiger partial charge < -0.3 is 25.1 Å². The molecule has 0 bridgehead atoms. The number of nitrogens with one attached hydrogen (secondary N) is 1. The number of nitrogens with zero attached hydrogens (tertiary/aromatic N) is 1. The van der Waals surface area contributed by atoms with Crippen molar-refractivity contribution in [2.24, 2.45) is 11.7 Å². The first-order valence-electron chi connectivity index (χ1n) is 9.23. The van der Waals surface area contributed by atoms with Crippen LogP contribution >= 0.6 is 11.8 Å². The zero-order chi connectivity index (χ0) is 20.0. The molecule has 0 fully saturated rings. The van der Waals surface area contributed by atoms with E-state index in [1.807, 2.05) is 38.5 Å². The number of esters is 1. The number of aromatic amines is 1. The van der Waals surface area contributed by atoms with Gasteiger partial charge in [-0.15, -0.1) is 11.8 Å². The lowest BCUT2D eigenvalue weighted by Gasteiger charge is -2.19. The average Bonchev–Trinajstić information content (AvgIpc) is 3.03. The molecular weight excluding hydrogens is 362 g/mol. The van der Waals surface area contributed by atoms with Gasteiger partial charge in [0.15, 0.2) is 5.37 Å². The SMILES string of the molecule is CC(C)C(C)SC(N)C(=O)OCOc1cccc2[nH]cc(CCN(C)C)c12. The minimum atomic E-state index is -0.704.